The number of nitrogens with one attached hydrogen (secondary N) is 1. The third kappa shape index (κ3) is 4.44. The average Bonchev–Trinajstić information content (AvgIpc) is 2.50. The summed E-state index contributed by atoms with van der Waals surface area (Å²) in [6.45, 7) is -0.142. The number of aromatic hydroxyl groups is 1. The minimum atomic E-state index is -0.360. The normalized spacial score (nSPS) is 11.9. The highest BCUT2D eigenvalue weighted by Gasteiger charge is 2.14. The Morgan fingerprint density at radius 3 is 2.52 bits per heavy atom. The van der Waals surface area contributed by atoms with Crippen LogP contribution in [0.5, 0.6) is 5.75 Å². The third-order valence-corrected chi connectivity index (χ3v) is 4.00. The monoisotopic (exact) mass is 397 g/mol. The number of hydrogen-bond donors (Lipinski definition) is 3. The molecule has 0 aliphatic heterocycles. The first-order valence-corrected chi connectivity index (χ1v) is 7.62. The number of rotatable bonds is 5. The lowest BCUT2D eigenvalue weighted by Gasteiger charge is -2.16. The summed E-state index contributed by atoms with van der Waals surface area (Å²) < 4.78 is 0.687. The van der Waals surface area contributed by atoms with Crippen LogP contribution in [-0.4, -0.2) is 28.8 Å². The first-order valence-electron chi connectivity index (χ1n) is 6.54. The maximum atomic E-state index is 12.1. The van der Waals surface area contributed by atoms with Crippen LogP contribution >= 0.6 is 22.6 Å². The van der Waals surface area contributed by atoms with E-state index in [-0.39, 0.29) is 24.3 Å². The molecule has 2 rings (SSSR count). The van der Waals surface area contributed by atoms with Crippen molar-refractivity contribution >= 4 is 28.5 Å². The molecule has 0 aliphatic rings. The zero-order chi connectivity index (χ0) is 15.2. The molecule has 0 saturated carbocycles. The maximum Gasteiger partial charge on any atom is 0.251 e. The Morgan fingerprint density at radius 1 is 1.19 bits per heavy atom. The zero-order valence-electron chi connectivity index (χ0n) is 11.3. The summed E-state index contributed by atoms with van der Waals surface area (Å²) in [5, 5.41) is 21.8. The number of aliphatic hydroxyl groups is 1. The highest BCUT2D eigenvalue weighted by molar-refractivity contribution is 14.1. The van der Waals surface area contributed by atoms with E-state index in [0.717, 1.165) is 5.56 Å². The van der Waals surface area contributed by atoms with Gasteiger partial charge in [-0.1, -0.05) is 30.3 Å². The molecule has 4 nitrogen and oxygen atoms in total. The van der Waals surface area contributed by atoms with Gasteiger partial charge in [-0.15, -0.1) is 0 Å². The molecule has 1 amide bonds. The molecular weight excluding hydrogens is 381 g/mol. The van der Waals surface area contributed by atoms with E-state index in [1.165, 1.54) is 6.07 Å². The summed E-state index contributed by atoms with van der Waals surface area (Å²) in [5.41, 5.74) is 1.42. The summed E-state index contributed by atoms with van der Waals surface area (Å²) in [6.07, 6.45) is 0.555. The van der Waals surface area contributed by atoms with Crippen molar-refractivity contribution in [1.82, 2.24) is 5.32 Å². The van der Waals surface area contributed by atoms with Crippen molar-refractivity contribution in [1.29, 1.82) is 0 Å². The molecule has 0 saturated heterocycles. The molecule has 0 fully saturated rings. The van der Waals surface area contributed by atoms with Gasteiger partial charge in [-0.25, -0.2) is 0 Å². The van der Waals surface area contributed by atoms with Gasteiger partial charge in [-0.2, -0.15) is 0 Å². The molecule has 0 aromatic heterocycles. The molecule has 21 heavy (non-hydrogen) atoms. The van der Waals surface area contributed by atoms with Crippen molar-refractivity contribution in [3.63, 3.8) is 0 Å². The van der Waals surface area contributed by atoms with Crippen LogP contribution in [0.15, 0.2) is 48.5 Å². The van der Waals surface area contributed by atoms with Crippen molar-refractivity contribution in [2.24, 2.45) is 0 Å². The minimum Gasteiger partial charge on any atom is -0.507 e. The van der Waals surface area contributed by atoms with Crippen LogP contribution in [0.4, 0.5) is 0 Å². The topological polar surface area (TPSA) is 69.6 Å². The lowest BCUT2D eigenvalue weighted by Crippen LogP contribution is -2.39. The summed E-state index contributed by atoms with van der Waals surface area (Å²) in [6, 6.07) is 14.0. The van der Waals surface area contributed by atoms with Crippen LogP contribution < -0.4 is 5.32 Å². The second kappa shape index (κ2) is 7.42. The van der Waals surface area contributed by atoms with Crippen LogP contribution in [-0.2, 0) is 6.42 Å². The smallest absolute Gasteiger partial charge is 0.251 e. The SMILES string of the molecule is O=C(N[C@H](CO)Cc1ccccc1)c1ccc(I)c(O)c1. The number of carbonyl (C=O) groups excluding carboxylic acids is 1. The standard InChI is InChI=1S/C16H16INO3/c17-14-7-6-12(9-15(14)20)16(21)18-13(10-19)8-11-4-2-1-3-5-11/h1-7,9,13,19-20H,8,10H2,(H,18,21)/t13-/m0/s1. The molecule has 0 aliphatic carbocycles. The molecular formula is C16H16INO3. The van der Waals surface area contributed by atoms with Gasteiger partial charge in [-0.3, -0.25) is 4.79 Å². The van der Waals surface area contributed by atoms with Crippen molar-refractivity contribution in [3.8, 4) is 5.75 Å². The van der Waals surface area contributed by atoms with E-state index in [2.05, 4.69) is 5.32 Å². The molecule has 0 unspecified atom stereocenters. The number of hydrogen-bond acceptors (Lipinski definition) is 3. The number of carbonyl (C=O) groups is 1. The zero-order valence-corrected chi connectivity index (χ0v) is 13.4. The van der Waals surface area contributed by atoms with Crippen LogP contribution in [0.25, 0.3) is 0 Å². The van der Waals surface area contributed by atoms with Crippen molar-refractivity contribution in [2.45, 2.75) is 12.5 Å². The van der Waals surface area contributed by atoms with E-state index in [4.69, 9.17) is 0 Å². The van der Waals surface area contributed by atoms with Gasteiger partial charge in [0.2, 0.25) is 0 Å². The Balaban J connectivity index is 2.04. The summed E-state index contributed by atoms with van der Waals surface area (Å²) in [7, 11) is 0. The highest BCUT2D eigenvalue weighted by atomic mass is 127. The number of aliphatic hydroxyl groups excluding tert-OH is 1. The molecule has 1 atom stereocenters. The van der Waals surface area contributed by atoms with Crippen molar-refractivity contribution in [3.05, 3.63) is 63.2 Å². The van der Waals surface area contributed by atoms with Gasteiger partial charge in [0.1, 0.15) is 5.75 Å². The van der Waals surface area contributed by atoms with Gasteiger partial charge < -0.3 is 15.5 Å². The average molecular weight is 397 g/mol. The van der Waals surface area contributed by atoms with Gasteiger partial charge in [0.05, 0.1) is 16.2 Å². The number of phenols is 1. The van der Waals surface area contributed by atoms with E-state index in [0.29, 0.717) is 15.6 Å². The second-order valence-electron chi connectivity index (χ2n) is 4.71. The number of phenolic OH excluding ortho intramolecular Hbond substituents is 1. The summed E-state index contributed by atoms with van der Waals surface area (Å²) >= 11 is 1.99. The van der Waals surface area contributed by atoms with E-state index < -0.39 is 0 Å². The molecule has 2 aromatic rings. The first-order chi connectivity index (χ1) is 10.1. The molecule has 0 radical (unpaired) electrons. The van der Waals surface area contributed by atoms with E-state index in [9.17, 15) is 15.0 Å². The van der Waals surface area contributed by atoms with Crippen LogP contribution in [0.1, 0.15) is 15.9 Å². The number of benzene rings is 2. The predicted molar refractivity (Wildman–Crippen MR) is 89.3 cm³/mol. The predicted octanol–water partition coefficient (Wildman–Crippen LogP) is 2.33. The second-order valence-corrected chi connectivity index (χ2v) is 5.87. The Kier molecular flexibility index (Phi) is 5.58. The first kappa shape index (κ1) is 15.8. The Hall–Kier alpha value is -1.60. The maximum absolute atomic E-state index is 12.1. The van der Waals surface area contributed by atoms with Gasteiger partial charge in [0.15, 0.2) is 0 Å². The Morgan fingerprint density at radius 2 is 1.90 bits per heavy atom. The fourth-order valence-corrected chi connectivity index (χ4v) is 2.32. The number of halogens is 1. The minimum absolute atomic E-state index is 0.0758. The van der Waals surface area contributed by atoms with Crippen molar-refractivity contribution < 1.29 is 15.0 Å². The van der Waals surface area contributed by atoms with Crippen LogP contribution in [0.3, 0.4) is 0 Å². The fraction of sp³-hybridized carbons (Fsp3) is 0.188. The van der Waals surface area contributed by atoms with Crippen LogP contribution in [0.2, 0.25) is 0 Å². The summed E-state index contributed by atoms with van der Waals surface area (Å²) in [5.74, 6) is -0.233. The molecule has 110 valence electrons. The van der Waals surface area contributed by atoms with Gasteiger partial charge >= 0.3 is 0 Å². The molecule has 3 N–H and O–H groups in total. The van der Waals surface area contributed by atoms with Crippen LogP contribution in [0, 0.1) is 3.57 Å². The molecule has 0 bridgehead atoms. The molecule has 5 heteroatoms. The van der Waals surface area contributed by atoms with Gasteiger partial charge in [-0.05, 0) is 52.8 Å². The van der Waals surface area contributed by atoms with Gasteiger partial charge in [0, 0.05) is 5.56 Å². The lowest BCUT2D eigenvalue weighted by molar-refractivity contribution is 0.0916. The highest BCUT2D eigenvalue weighted by Crippen LogP contribution is 2.20. The lowest BCUT2D eigenvalue weighted by atomic mass is 10.1. The summed E-state index contributed by atoms with van der Waals surface area (Å²) in [4.78, 5) is 12.1. The quantitative estimate of drug-likeness (QED) is 0.679. The third-order valence-electron chi connectivity index (χ3n) is 3.09. The largest absolute Gasteiger partial charge is 0.507 e. The molecule has 2 aromatic carbocycles. The van der Waals surface area contributed by atoms with E-state index in [1.807, 2.05) is 52.9 Å². The van der Waals surface area contributed by atoms with Gasteiger partial charge in [0.25, 0.3) is 5.91 Å². The Labute approximate surface area is 137 Å². The van der Waals surface area contributed by atoms with Crippen molar-refractivity contribution in [2.75, 3.05) is 6.61 Å². The van der Waals surface area contributed by atoms with E-state index in [1.54, 1.807) is 12.1 Å². The fourth-order valence-electron chi connectivity index (χ4n) is 1.98. The Bertz CT molecular complexity index is 616. The van der Waals surface area contributed by atoms with E-state index >= 15 is 0 Å². The number of amides is 1. The molecule has 0 spiro atoms. The molecule has 0 heterocycles.